The number of anilines is 1. The van der Waals surface area contributed by atoms with Gasteiger partial charge in [0.15, 0.2) is 0 Å². The van der Waals surface area contributed by atoms with Crippen LogP contribution in [0.25, 0.3) is 0 Å². The highest BCUT2D eigenvalue weighted by Gasteiger charge is 2.22. The average Bonchev–Trinajstić information content (AvgIpc) is 2.37. The Morgan fingerprint density at radius 2 is 1.71 bits per heavy atom. The van der Waals surface area contributed by atoms with Crippen LogP contribution in [0.5, 0.6) is 12.0 Å². The number of nitrogens with one attached hydrogen (secondary N) is 1. The van der Waals surface area contributed by atoms with Crippen LogP contribution in [0.4, 0.5) is 5.95 Å². The van der Waals surface area contributed by atoms with Crippen LogP contribution in [-0.4, -0.2) is 46.4 Å². The summed E-state index contributed by atoms with van der Waals surface area (Å²) in [6.45, 7) is 3.80. The lowest BCUT2D eigenvalue weighted by Crippen LogP contribution is -2.38. The summed E-state index contributed by atoms with van der Waals surface area (Å²) >= 11 is 0. The maximum Gasteiger partial charge on any atom is 0.324 e. The van der Waals surface area contributed by atoms with Crippen molar-refractivity contribution in [1.29, 1.82) is 0 Å². The van der Waals surface area contributed by atoms with Gasteiger partial charge in [-0.05, 0) is 13.3 Å². The normalized spacial score (nSPS) is 13.9. The molecular formula is C10H18N4O3. The van der Waals surface area contributed by atoms with Gasteiger partial charge in [-0.2, -0.15) is 9.97 Å². The van der Waals surface area contributed by atoms with Gasteiger partial charge in [0.1, 0.15) is 0 Å². The lowest BCUT2D eigenvalue weighted by Gasteiger charge is -2.27. The molecule has 1 rings (SSSR count). The molecule has 0 bridgehead atoms. The van der Waals surface area contributed by atoms with E-state index in [1.807, 2.05) is 13.8 Å². The highest BCUT2D eigenvalue weighted by atomic mass is 16.5. The van der Waals surface area contributed by atoms with Crippen molar-refractivity contribution in [3.8, 4) is 12.0 Å². The first-order valence-electron chi connectivity index (χ1n) is 5.30. The summed E-state index contributed by atoms with van der Waals surface area (Å²) in [6.07, 6.45) is 0.722. The van der Waals surface area contributed by atoms with Gasteiger partial charge >= 0.3 is 12.0 Å². The standard InChI is InChI=1S/C10H18N4O3/c1-5-10(2,6-15)14-7-11-8(16-3)13-9(12-7)17-4/h15H,5-6H2,1-4H3,(H,11,12,13,14). The summed E-state index contributed by atoms with van der Waals surface area (Å²) in [4.78, 5) is 12.0. The zero-order chi connectivity index (χ0) is 12.9. The maximum absolute atomic E-state index is 9.30. The SMILES string of the molecule is CCC(C)(CO)Nc1nc(OC)nc(OC)n1. The predicted octanol–water partition coefficient (Wildman–Crippen LogP) is 0.462. The Bertz CT molecular complexity index is 346. The molecule has 0 aliphatic carbocycles. The molecule has 0 amide bonds. The van der Waals surface area contributed by atoms with Crippen LogP contribution in [0.1, 0.15) is 20.3 Å². The molecule has 1 aromatic heterocycles. The van der Waals surface area contributed by atoms with Crippen molar-refractivity contribution >= 4 is 5.95 Å². The van der Waals surface area contributed by atoms with Gasteiger partial charge in [-0.25, -0.2) is 0 Å². The first kappa shape index (κ1) is 13.4. The summed E-state index contributed by atoms with van der Waals surface area (Å²) in [5.41, 5.74) is -0.489. The molecular weight excluding hydrogens is 224 g/mol. The minimum atomic E-state index is -0.489. The van der Waals surface area contributed by atoms with E-state index in [4.69, 9.17) is 9.47 Å². The summed E-state index contributed by atoms with van der Waals surface area (Å²) < 4.78 is 9.87. The van der Waals surface area contributed by atoms with E-state index in [0.717, 1.165) is 6.42 Å². The van der Waals surface area contributed by atoms with Gasteiger partial charge in [-0.3, -0.25) is 0 Å². The van der Waals surface area contributed by atoms with Crippen molar-refractivity contribution in [2.45, 2.75) is 25.8 Å². The van der Waals surface area contributed by atoms with Crippen molar-refractivity contribution < 1.29 is 14.6 Å². The summed E-state index contributed by atoms with van der Waals surface area (Å²) in [5.74, 6) is 0.312. The third-order valence-electron chi connectivity index (χ3n) is 2.50. The Kier molecular flexibility index (Phi) is 4.45. The van der Waals surface area contributed by atoms with Crippen molar-refractivity contribution in [1.82, 2.24) is 15.0 Å². The Morgan fingerprint density at radius 1 is 1.18 bits per heavy atom. The molecule has 0 saturated heterocycles. The van der Waals surface area contributed by atoms with Crippen LogP contribution in [0.2, 0.25) is 0 Å². The molecule has 0 saturated carbocycles. The number of aliphatic hydroxyl groups excluding tert-OH is 1. The number of rotatable bonds is 6. The monoisotopic (exact) mass is 242 g/mol. The number of ether oxygens (including phenoxy) is 2. The minimum absolute atomic E-state index is 0.0280. The van der Waals surface area contributed by atoms with Gasteiger partial charge in [0.25, 0.3) is 0 Å². The fourth-order valence-corrected chi connectivity index (χ4v) is 1.09. The van der Waals surface area contributed by atoms with E-state index in [0.29, 0.717) is 5.95 Å². The number of nitrogens with zero attached hydrogens (tertiary/aromatic N) is 3. The zero-order valence-corrected chi connectivity index (χ0v) is 10.5. The van der Waals surface area contributed by atoms with Crippen LogP contribution < -0.4 is 14.8 Å². The quantitative estimate of drug-likeness (QED) is 0.749. The molecule has 7 nitrogen and oxygen atoms in total. The molecule has 0 radical (unpaired) electrons. The number of aliphatic hydroxyl groups is 1. The van der Waals surface area contributed by atoms with Crippen molar-refractivity contribution in [3.63, 3.8) is 0 Å². The van der Waals surface area contributed by atoms with Gasteiger partial charge in [0, 0.05) is 0 Å². The van der Waals surface area contributed by atoms with Gasteiger partial charge in [-0.15, -0.1) is 4.98 Å². The smallest absolute Gasteiger partial charge is 0.324 e. The number of aromatic nitrogens is 3. The highest BCUT2D eigenvalue weighted by Crippen LogP contribution is 2.18. The van der Waals surface area contributed by atoms with E-state index in [1.165, 1.54) is 14.2 Å². The number of hydrogen-bond acceptors (Lipinski definition) is 7. The van der Waals surface area contributed by atoms with E-state index in [2.05, 4.69) is 20.3 Å². The van der Waals surface area contributed by atoms with Gasteiger partial charge in [0.05, 0.1) is 26.4 Å². The first-order chi connectivity index (χ1) is 8.06. The maximum atomic E-state index is 9.30. The largest absolute Gasteiger partial charge is 0.467 e. The molecule has 17 heavy (non-hydrogen) atoms. The second kappa shape index (κ2) is 5.62. The zero-order valence-electron chi connectivity index (χ0n) is 10.5. The van der Waals surface area contributed by atoms with Gasteiger partial charge in [-0.1, -0.05) is 6.92 Å². The molecule has 2 N–H and O–H groups in total. The molecule has 0 aliphatic rings. The number of methoxy groups -OCH3 is 2. The third-order valence-corrected chi connectivity index (χ3v) is 2.50. The van der Waals surface area contributed by atoms with E-state index in [1.54, 1.807) is 0 Å². The van der Waals surface area contributed by atoms with E-state index in [-0.39, 0.29) is 18.6 Å². The fourth-order valence-electron chi connectivity index (χ4n) is 1.09. The van der Waals surface area contributed by atoms with E-state index < -0.39 is 5.54 Å². The second-order valence-electron chi connectivity index (χ2n) is 3.83. The van der Waals surface area contributed by atoms with Crippen molar-refractivity contribution in [2.75, 3.05) is 26.1 Å². The molecule has 96 valence electrons. The van der Waals surface area contributed by atoms with Crippen LogP contribution in [0.3, 0.4) is 0 Å². The van der Waals surface area contributed by atoms with Crippen LogP contribution >= 0.6 is 0 Å². The van der Waals surface area contributed by atoms with Crippen molar-refractivity contribution in [2.24, 2.45) is 0 Å². The topological polar surface area (TPSA) is 89.4 Å². The number of hydrogen-bond donors (Lipinski definition) is 2. The molecule has 1 unspecified atom stereocenters. The highest BCUT2D eigenvalue weighted by molar-refractivity contribution is 5.31. The Balaban J connectivity index is 2.97. The van der Waals surface area contributed by atoms with Gasteiger partial charge in [0.2, 0.25) is 5.95 Å². The van der Waals surface area contributed by atoms with E-state index >= 15 is 0 Å². The predicted molar refractivity (Wildman–Crippen MR) is 62.3 cm³/mol. The van der Waals surface area contributed by atoms with Crippen LogP contribution in [0, 0.1) is 0 Å². The Morgan fingerprint density at radius 3 is 2.06 bits per heavy atom. The molecule has 1 heterocycles. The van der Waals surface area contributed by atoms with Crippen molar-refractivity contribution in [3.05, 3.63) is 0 Å². The molecule has 1 aromatic rings. The van der Waals surface area contributed by atoms with Crippen LogP contribution in [0.15, 0.2) is 0 Å². The second-order valence-corrected chi connectivity index (χ2v) is 3.83. The fraction of sp³-hybridized carbons (Fsp3) is 0.700. The molecule has 0 spiro atoms. The molecule has 0 aromatic carbocycles. The Labute approximate surface area is 100 Å². The van der Waals surface area contributed by atoms with E-state index in [9.17, 15) is 5.11 Å². The molecule has 1 atom stereocenters. The summed E-state index contributed by atoms with van der Waals surface area (Å²) in [7, 11) is 2.92. The lowest BCUT2D eigenvalue weighted by molar-refractivity contribution is 0.217. The molecule has 7 heteroatoms. The minimum Gasteiger partial charge on any atom is -0.467 e. The van der Waals surface area contributed by atoms with Crippen LogP contribution in [-0.2, 0) is 0 Å². The Hall–Kier alpha value is -1.63. The lowest BCUT2D eigenvalue weighted by atomic mass is 10.0. The molecule has 0 fully saturated rings. The first-order valence-corrected chi connectivity index (χ1v) is 5.30. The average molecular weight is 242 g/mol. The third kappa shape index (κ3) is 3.42. The van der Waals surface area contributed by atoms with Gasteiger partial charge < -0.3 is 19.9 Å². The summed E-state index contributed by atoms with van der Waals surface area (Å²) in [6, 6.07) is 0.325. The molecule has 0 aliphatic heterocycles. The summed E-state index contributed by atoms with van der Waals surface area (Å²) in [5, 5.41) is 12.3.